The van der Waals surface area contributed by atoms with E-state index in [1.807, 2.05) is 0 Å². The number of hydrogen-bond donors (Lipinski definition) is 2. The number of rotatable bonds is 5. The van der Waals surface area contributed by atoms with E-state index < -0.39 is 34.9 Å². The fourth-order valence-corrected chi connectivity index (χ4v) is 2.46. The van der Waals surface area contributed by atoms with E-state index in [1.165, 1.54) is 7.11 Å². The maximum absolute atomic E-state index is 12.1. The molecule has 0 spiro atoms. The summed E-state index contributed by atoms with van der Waals surface area (Å²) in [5, 5.41) is 5.26. The highest BCUT2D eigenvalue weighted by atomic mass is 16.6. The van der Waals surface area contributed by atoms with Crippen molar-refractivity contribution >= 4 is 18.2 Å². The Morgan fingerprint density at radius 3 is 2.00 bits per heavy atom. The first-order valence-corrected chi connectivity index (χ1v) is 8.35. The smallest absolute Gasteiger partial charge is 0.408 e. The predicted molar refractivity (Wildman–Crippen MR) is 91.1 cm³/mol. The van der Waals surface area contributed by atoms with E-state index in [0.29, 0.717) is 19.4 Å². The number of methoxy groups -OCH3 is 1. The summed E-state index contributed by atoms with van der Waals surface area (Å²) in [6.07, 6.45) is -0.239. The molecule has 2 amide bonds. The summed E-state index contributed by atoms with van der Waals surface area (Å²) in [7, 11) is 1.27. The molecule has 2 atom stereocenters. The van der Waals surface area contributed by atoms with E-state index >= 15 is 0 Å². The minimum atomic E-state index is -1.09. The first-order valence-electron chi connectivity index (χ1n) is 8.35. The number of ether oxygens (including phenoxy) is 3. The quantitative estimate of drug-likeness (QED) is 0.578. The minimum absolute atomic E-state index is 0.137. The van der Waals surface area contributed by atoms with Gasteiger partial charge in [-0.05, 0) is 60.3 Å². The van der Waals surface area contributed by atoms with Gasteiger partial charge in [0.1, 0.15) is 16.7 Å². The average Bonchev–Trinajstić information content (AvgIpc) is 3.07. The van der Waals surface area contributed by atoms with Crippen molar-refractivity contribution in [3.8, 4) is 0 Å². The first-order chi connectivity index (χ1) is 11.3. The van der Waals surface area contributed by atoms with Gasteiger partial charge in [0, 0.05) is 6.54 Å². The molecular weight excluding hydrogens is 328 g/mol. The van der Waals surface area contributed by atoms with Crippen LogP contribution in [0.2, 0.25) is 0 Å². The molecule has 0 radical (unpaired) electrons. The van der Waals surface area contributed by atoms with Crippen molar-refractivity contribution in [1.82, 2.24) is 10.6 Å². The van der Waals surface area contributed by atoms with Crippen LogP contribution >= 0.6 is 0 Å². The van der Waals surface area contributed by atoms with E-state index in [9.17, 15) is 14.4 Å². The third-order valence-electron chi connectivity index (χ3n) is 3.54. The molecule has 8 nitrogen and oxygen atoms in total. The summed E-state index contributed by atoms with van der Waals surface area (Å²) in [6.45, 7) is 10.9. The van der Waals surface area contributed by atoms with E-state index in [0.717, 1.165) is 0 Å². The molecule has 1 saturated carbocycles. The van der Waals surface area contributed by atoms with Gasteiger partial charge < -0.3 is 24.8 Å². The van der Waals surface area contributed by atoms with Crippen molar-refractivity contribution in [3.05, 3.63) is 0 Å². The van der Waals surface area contributed by atoms with E-state index in [4.69, 9.17) is 14.2 Å². The highest BCUT2D eigenvalue weighted by Gasteiger charge is 2.62. The van der Waals surface area contributed by atoms with Crippen LogP contribution in [0.4, 0.5) is 9.59 Å². The zero-order chi connectivity index (χ0) is 19.5. The van der Waals surface area contributed by atoms with Crippen molar-refractivity contribution in [2.45, 2.75) is 71.1 Å². The number of nitrogens with one attached hydrogen (secondary N) is 2. The molecule has 144 valence electrons. The van der Waals surface area contributed by atoms with E-state index in [1.54, 1.807) is 41.5 Å². The molecule has 0 aromatic carbocycles. The molecule has 0 aromatic rings. The van der Waals surface area contributed by atoms with Crippen LogP contribution in [0.3, 0.4) is 0 Å². The van der Waals surface area contributed by atoms with Crippen LogP contribution in [0.1, 0.15) is 54.4 Å². The zero-order valence-corrected chi connectivity index (χ0v) is 16.1. The van der Waals surface area contributed by atoms with Crippen molar-refractivity contribution < 1.29 is 28.6 Å². The summed E-state index contributed by atoms with van der Waals surface area (Å²) in [5.41, 5.74) is -2.32. The fourth-order valence-electron chi connectivity index (χ4n) is 2.46. The second-order valence-electron chi connectivity index (χ2n) is 8.21. The Kier molecular flexibility index (Phi) is 6.31. The van der Waals surface area contributed by atoms with Crippen LogP contribution in [0.5, 0.6) is 0 Å². The summed E-state index contributed by atoms with van der Waals surface area (Å²) < 4.78 is 15.2. The van der Waals surface area contributed by atoms with Crippen molar-refractivity contribution in [2.24, 2.45) is 5.92 Å². The van der Waals surface area contributed by atoms with Gasteiger partial charge in [-0.25, -0.2) is 14.4 Å². The lowest BCUT2D eigenvalue weighted by Gasteiger charge is -2.23. The average molecular weight is 358 g/mol. The van der Waals surface area contributed by atoms with Gasteiger partial charge in [-0.3, -0.25) is 0 Å². The van der Waals surface area contributed by atoms with Crippen molar-refractivity contribution in [2.75, 3.05) is 13.7 Å². The SMILES string of the molecule is COC(=O)[C@@]1(NC(=O)OC(C)(C)C)C[C@H]1CCNC(=O)OC(C)(C)C. The Balaban J connectivity index is 2.54. The molecule has 0 unspecified atom stereocenters. The minimum Gasteiger partial charge on any atom is -0.467 e. The molecule has 1 rings (SSSR count). The molecule has 1 aliphatic rings. The molecule has 1 fully saturated rings. The first kappa shape index (κ1) is 21.1. The normalized spacial score (nSPS) is 22.6. The summed E-state index contributed by atoms with van der Waals surface area (Å²) in [6, 6.07) is 0. The molecule has 0 heterocycles. The van der Waals surface area contributed by atoms with Crippen LogP contribution in [-0.4, -0.2) is 48.6 Å². The molecule has 0 aromatic heterocycles. The van der Waals surface area contributed by atoms with Gasteiger partial charge in [0.05, 0.1) is 7.11 Å². The Bertz CT molecular complexity index is 520. The van der Waals surface area contributed by atoms with Crippen LogP contribution in [0.15, 0.2) is 0 Å². The molecule has 25 heavy (non-hydrogen) atoms. The van der Waals surface area contributed by atoms with Gasteiger partial charge in [0.15, 0.2) is 0 Å². The molecule has 8 heteroatoms. The maximum atomic E-state index is 12.1. The lowest BCUT2D eigenvalue weighted by molar-refractivity contribution is -0.144. The molecular formula is C17H30N2O6. The van der Waals surface area contributed by atoms with Crippen LogP contribution < -0.4 is 10.6 Å². The van der Waals surface area contributed by atoms with Gasteiger partial charge >= 0.3 is 18.2 Å². The molecule has 0 bridgehead atoms. The molecule has 0 aliphatic heterocycles. The Morgan fingerprint density at radius 2 is 1.52 bits per heavy atom. The maximum Gasteiger partial charge on any atom is 0.408 e. The third kappa shape index (κ3) is 6.80. The number of hydrogen-bond acceptors (Lipinski definition) is 6. The number of alkyl carbamates (subject to hydrolysis) is 2. The Morgan fingerprint density at radius 1 is 1.00 bits per heavy atom. The van der Waals surface area contributed by atoms with Crippen LogP contribution in [0.25, 0.3) is 0 Å². The molecule has 1 aliphatic carbocycles. The second kappa shape index (κ2) is 7.49. The van der Waals surface area contributed by atoms with Gasteiger partial charge in [-0.2, -0.15) is 0 Å². The number of esters is 1. The monoisotopic (exact) mass is 358 g/mol. The third-order valence-corrected chi connectivity index (χ3v) is 3.54. The number of carbonyl (C=O) groups is 3. The lowest BCUT2D eigenvalue weighted by Crippen LogP contribution is -2.47. The van der Waals surface area contributed by atoms with Crippen LogP contribution in [-0.2, 0) is 19.0 Å². The van der Waals surface area contributed by atoms with Gasteiger partial charge in [0.2, 0.25) is 0 Å². The van der Waals surface area contributed by atoms with Gasteiger partial charge in [0.25, 0.3) is 0 Å². The van der Waals surface area contributed by atoms with Crippen molar-refractivity contribution in [3.63, 3.8) is 0 Å². The highest BCUT2D eigenvalue weighted by Crippen LogP contribution is 2.46. The Labute approximate surface area is 148 Å². The lowest BCUT2D eigenvalue weighted by atomic mass is 10.1. The van der Waals surface area contributed by atoms with E-state index in [2.05, 4.69) is 10.6 Å². The summed E-state index contributed by atoms with van der Waals surface area (Å²) in [4.78, 5) is 35.7. The number of amides is 2. The van der Waals surface area contributed by atoms with Gasteiger partial charge in [-0.1, -0.05) is 0 Å². The summed E-state index contributed by atoms with van der Waals surface area (Å²) >= 11 is 0. The number of carbonyl (C=O) groups excluding carboxylic acids is 3. The largest absolute Gasteiger partial charge is 0.467 e. The molecule has 0 saturated heterocycles. The highest BCUT2D eigenvalue weighted by molar-refractivity contribution is 5.89. The predicted octanol–water partition coefficient (Wildman–Crippen LogP) is 2.36. The Hall–Kier alpha value is -1.99. The zero-order valence-electron chi connectivity index (χ0n) is 16.1. The standard InChI is InChI=1S/C17H30N2O6/c1-15(2,3)24-13(21)18-9-8-11-10-17(11,12(20)23-7)19-14(22)25-16(4,5)6/h11H,8-10H2,1-7H3,(H,18,21)(H,19,22)/t11-,17-/m1/s1. The van der Waals surface area contributed by atoms with E-state index in [-0.39, 0.29) is 5.92 Å². The second-order valence-corrected chi connectivity index (χ2v) is 8.21. The topological polar surface area (TPSA) is 103 Å². The molecule has 2 N–H and O–H groups in total. The van der Waals surface area contributed by atoms with Crippen molar-refractivity contribution in [1.29, 1.82) is 0 Å². The fraction of sp³-hybridized carbons (Fsp3) is 0.824. The van der Waals surface area contributed by atoms with Gasteiger partial charge in [-0.15, -0.1) is 0 Å². The van der Waals surface area contributed by atoms with Crippen LogP contribution in [0, 0.1) is 5.92 Å². The summed E-state index contributed by atoms with van der Waals surface area (Å²) in [5.74, 6) is -0.650.